The first kappa shape index (κ1) is 23.2. The molecule has 0 unspecified atom stereocenters. The standard InChI is InChI=1S/C16H23F3N2O3S.ClH/c1-12-3-4-13(16(17,18)19)11-15(12)25(22,23)21-8-5-14(6-9-21)24-10-2-7-20;/h3-4,11,14H,2,5-10,20H2,1H3;1H. The van der Waals surface area contributed by atoms with Crippen LogP contribution in [0.2, 0.25) is 0 Å². The molecule has 0 saturated carbocycles. The lowest BCUT2D eigenvalue weighted by molar-refractivity contribution is -0.137. The van der Waals surface area contributed by atoms with Crippen molar-refractivity contribution in [3.05, 3.63) is 29.3 Å². The molecule has 26 heavy (non-hydrogen) atoms. The van der Waals surface area contributed by atoms with Crippen LogP contribution in [0.25, 0.3) is 0 Å². The zero-order valence-corrected chi connectivity index (χ0v) is 16.1. The Morgan fingerprint density at radius 3 is 2.42 bits per heavy atom. The highest BCUT2D eigenvalue weighted by molar-refractivity contribution is 7.89. The molecule has 1 aliphatic heterocycles. The molecule has 5 nitrogen and oxygen atoms in total. The van der Waals surface area contributed by atoms with Crippen molar-refractivity contribution >= 4 is 22.4 Å². The second-order valence-corrected chi connectivity index (χ2v) is 8.00. The summed E-state index contributed by atoms with van der Waals surface area (Å²) in [7, 11) is -3.97. The second-order valence-electron chi connectivity index (χ2n) is 6.09. The summed E-state index contributed by atoms with van der Waals surface area (Å²) in [5.74, 6) is 0. The van der Waals surface area contributed by atoms with Crippen LogP contribution < -0.4 is 5.73 Å². The maximum atomic E-state index is 12.9. The zero-order chi connectivity index (χ0) is 18.7. The van der Waals surface area contributed by atoms with Gasteiger partial charge in [-0.25, -0.2) is 8.42 Å². The Labute approximate surface area is 158 Å². The van der Waals surface area contributed by atoms with Crippen LogP contribution in [0.3, 0.4) is 0 Å². The smallest absolute Gasteiger partial charge is 0.378 e. The highest BCUT2D eigenvalue weighted by Crippen LogP contribution is 2.33. The van der Waals surface area contributed by atoms with Crippen LogP contribution >= 0.6 is 12.4 Å². The summed E-state index contributed by atoms with van der Waals surface area (Å²) in [4.78, 5) is -0.287. The lowest BCUT2D eigenvalue weighted by Crippen LogP contribution is -2.41. The van der Waals surface area contributed by atoms with E-state index in [1.54, 1.807) is 0 Å². The van der Waals surface area contributed by atoms with E-state index >= 15 is 0 Å². The number of ether oxygens (including phenoxy) is 1. The third-order valence-electron chi connectivity index (χ3n) is 4.24. The van der Waals surface area contributed by atoms with E-state index in [-0.39, 0.29) is 36.5 Å². The van der Waals surface area contributed by atoms with Crippen LogP contribution in [0.5, 0.6) is 0 Å². The number of sulfonamides is 1. The number of halogens is 4. The Balaban J connectivity index is 0.00000338. The quantitative estimate of drug-likeness (QED) is 0.723. The molecular weight excluding hydrogens is 393 g/mol. The molecule has 1 fully saturated rings. The van der Waals surface area contributed by atoms with E-state index in [4.69, 9.17) is 10.5 Å². The molecule has 0 radical (unpaired) electrons. The van der Waals surface area contributed by atoms with Crippen LogP contribution in [-0.2, 0) is 20.9 Å². The van der Waals surface area contributed by atoms with Gasteiger partial charge in [-0.1, -0.05) is 6.07 Å². The molecule has 0 bridgehead atoms. The van der Waals surface area contributed by atoms with E-state index in [0.29, 0.717) is 37.6 Å². The van der Waals surface area contributed by atoms with Crippen molar-refractivity contribution < 1.29 is 26.3 Å². The normalized spacial score (nSPS) is 17.1. The van der Waals surface area contributed by atoms with Gasteiger partial charge >= 0.3 is 6.18 Å². The van der Waals surface area contributed by atoms with Crippen LogP contribution in [0.15, 0.2) is 23.1 Å². The summed E-state index contributed by atoms with van der Waals surface area (Å²) in [6, 6.07) is 2.80. The number of hydrogen-bond acceptors (Lipinski definition) is 4. The van der Waals surface area contributed by atoms with Gasteiger partial charge in [0.05, 0.1) is 16.6 Å². The predicted octanol–water partition coefficient (Wildman–Crippen LogP) is 2.95. The number of hydrogen-bond donors (Lipinski definition) is 1. The highest BCUT2D eigenvalue weighted by Gasteiger charge is 2.35. The number of piperidine rings is 1. The van der Waals surface area contributed by atoms with Gasteiger partial charge in [0, 0.05) is 19.7 Å². The number of rotatable bonds is 6. The third-order valence-corrected chi connectivity index (χ3v) is 6.28. The largest absolute Gasteiger partial charge is 0.416 e. The number of nitrogens with two attached hydrogens (primary N) is 1. The predicted molar refractivity (Wildman–Crippen MR) is 94.8 cm³/mol. The van der Waals surface area contributed by atoms with E-state index in [9.17, 15) is 21.6 Å². The van der Waals surface area contributed by atoms with Gasteiger partial charge in [-0.15, -0.1) is 12.4 Å². The van der Waals surface area contributed by atoms with E-state index in [0.717, 1.165) is 12.5 Å². The number of benzene rings is 1. The van der Waals surface area contributed by atoms with Gasteiger partial charge in [-0.05, 0) is 50.4 Å². The van der Waals surface area contributed by atoms with Gasteiger partial charge in [0.1, 0.15) is 0 Å². The van der Waals surface area contributed by atoms with Gasteiger partial charge in [0.2, 0.25) is 10.0 Å². The number of nitrogens with zero attached hydrogens (tertiary/aromatic N) is 1. The first-order valence-electron chi connectivity index (χ1n) is 8.16. The average molecular weight is 417 g/mol. The van der Waals surface area contributed by atoms with E-state index in [1.807, 2.05) is 0 Å². The fourth-order valence-electron chi connectivity index (χ4n) is 2.77. The lowest BCUT2D eigenvalue weighted by Gasteiger charge is -2.31. The van der Waals surface area contributed by atoms with Crippen LogP contribution in [0.1, 0.15) is 30.4 Å². The molecule has 0 aliphatic carbocycles. The Bertz CT molecular complexity index is 690. The van der Waals surface area contributed by atoms with Crippen molar-refractivity contribution in [1.29, 1.82) is 0 Å². The topological polar surface area (TPSA) is 72.6 Å². The monoisotopic (exact) mass is 416 g/mol. The van der Waals surface area contributed by atoms with Gasteiger partial charge in [0.15, 0.2) is 0 Å². The molecule has 1 aliphatic rings. The summed E-state index contributed by atoms with van der Waals surface area (Å²) in [5, 5.41) is 0. The fraction of sp³-hybridized carbons (Fsp3) is 0.625. The molecule has 1 saturated heterocycles. The van der Waals surface area contributed by atoms with Crippen LogP contribution in [-0.4, -0.2) is 45.1 Å². The molecule has 0 spiro atoms. The van der Waals surface area contributed by atoms with Crippen molar-refractivity contribution in [3.63, 3.8) is 0 Å². The number of alkyl halides is 3. The van der Waals surface area contributed by atoms with Gasteiger partial charge in [-0.2, -0.15) is 17.5 Å². The maximum absolute atomic E-state index is 12.9. The molecule has 0 atom stereocenters. The second kappa shape index (κ2) is 9.36. The molecule has 0 aromatic heterocycles. The first-order valence-corrected chi connectivity index (χ1v) is 9.60. The van der Waals surface area contributed by atoms with Gasteiger partial charge in [0.25, 0.3) is 0 Å². The van der Waals surface area contributed by atoms with Gasteiger partial charge in [-0.3, -0.25) is 0 Å². The van der Waals surface area contributed by atoms with Crippen molar-refractivity contribution in [1.82, 2.24) is 4.31 Å². The number of aryl methyl sites for hydroxylation is 1. The minimum atomic E-state index is -4.58. The molecular formula is C16H24ClF3N2O3S. The minimum absolute atomic E-state index is 0. The summed E-state index contributed by atoms with van der Waals surface area (Å²) in [6.45, 7) is 3.01. The van der Waals surface area contributed by atoms with Crippen molar-refractivity contribution in [3.8, 4) is 0 Å². The molecule has 10 heteroatoms. The lowest BCUT2D eigenvalue weighted by atomic mass is 10.1. The molecule has 1 aromatic rings. The highest BCUT2D eigenvalue weighted by atomic mass is 35.5. The molecule has 1 aromatic carbocycles. The maximum Gasteiger partial charge on any atom is 0.416 e. The molecule has 150 valence electrons. The third kappa shape index (κ3) is 5.56. The van der Waals surface area contributed by atoms with E-state index < -0.39 is 21.8 Å². The van der Waals surface area contributed by atoms with Crippen molar-refractivity contribution in [2.45, 2.75) is 43.4 Å². The summed E-state index contributed by atoms with van der Waals surface area (Å²) < 4.78 is 71.1. The SMILES string of the molecule is Cc1ccc(C(F)(F)F)cc1S(=O)(=O)N1CCC(OCCCN)CC1.Cl. The Kier molecular flexibility index (Phi) is 8.34. The van der Waals surface area contributed by atoms with Crippen LogP contribution in [0.4, 0.5) is 13.2 Å². The van der Waals surface area contributed by atoms with E-state index in [1.165, 1.54) is 17.3 Å². The van der Waals surface area contributed by atoms with Crippen molar-refractivity contribution in [2.24, 2.45) is 5.73 Å². The summed E-state index contributed by atoms with van der Waals surface area (Å²) >= 11 is 0. The van der Waals surface area contributed by atoms with Gasteiger partial charge < -0.3 is 10.5 Å². The Hall–Kier alpha value is -0.870. The Morgan fingerprint density at radius 1 is 1.27 bits per heavy atom. The first-order chi connectivity index (χ1) is 11.7. The zero-order valence-electron chi connectivity index (χ0n) is 14.5. The molecule has 0 amide bonds. The molecule has 2 rings (SSSR count). The molecule has 1 heterocycles. The average Bonchev–Trinajstić information content (AvgIpc) is 2.54. The fourth-order valence-corrected chi connectivity index (χ4v) is 4.49. The Morgan fingerprint density at radius 2 is 1.88 bits per heavy atom. The van der Waals surface area contributed by atoms with Crippen LogP contribution in [0, 0.1) is 6.92 Å². The van der Waals surface area contributed by atoms with E-state index in [2.05, 4.69) is 0 Å². The van der Waals surface area contributed by atoms with Crippen molar-refractivity contribution in [2.75, 3.05) is 26.2 Å². The summed E-state index contributed by atoms with van der Waals surface area (Å²) in [6.07, 6.45) is -2.85. The molecule has 2 N–H and O–H groups in total. The summed E-state index contributed by atoms with van der Waals surface area (Å²) in [5.41, 5.74) is 4.74. The minimum Gasteiger partial charge on any atom is -0.378 e.